The summed E-state index contributed by atoms with van der Waals surface area (Å²) in [6, 6.07) is 15.1. The van der Waals surface area contributed by atoms with E-state index in [-0.39, 0.29) is 5.75 Å². The highest BCUT2D eigenvalue weighted by Gasteiger charge is 2.15. The summed E-state index contributed by atoms with van der Waals surface area (Å²) in [5.74, 6) is -0.902. The van der Waals surface area contributed by atoms with Crippen LogP contribution in [0.5, 0.6) is 5.75 Å². The molecular formula is C16H15NO3. The van der Waals surface area contributed by atoms with E-state index >= 15 is 0 Å². The van der Waals surface area contributed by atoms with Gasteiger partial charge in [0, 0.05) is 18.2 Å². The van der Waals surface area contributed by atoms with E-state index in [0.717, 1.165) is 5.56 Å². The minimum absolute atomic E-state index is 0.0834. The SMILES string of the molecule is O=C(O)[C@@H](Cc1ccccc1)/N=C\c1ccccc1O. The topological polar surface area (TPSA) is 69.9 Å². The molecule has 102 valence electrons. The van der Waals surface area contributed by atoms with Crippen molar-refractivity contribution in [2.75, 3.05) is 0 Å². The molecule has 0 aliphatic rings. The number of hydrogen-bond acceptors (Lipinski definition) is 3. The fourth-order valence-electron chi connectivity index (χ4n) is 1.81. The van der Waals surface area contributed by atoms with Crippen LogP contribution in [0, 0.1) is 0 Å². The van der Waals surface area contributed by atoms with Crippen molar-refractivity contribution in [3.63, 3.8) is 0 Å². The predicted octanol–water partition coefficient (Wildman–Crippen LogP) is 2.51. The van der Waals surface area contributed by atoms with E-state index in [1.54, 1.807) is 18.2 Å². The third-order valence-electron chi connectivity index (χ3n) is 2.89. The third-order valence-corrected chi connectivity index (χ3v) is 2.89. The van der Waals surface area contributed by atoms with E-state index in [2.05, 4.69) is 4.99 Å². The van der Waals surface area contributed by atoms with Crippen molar-refractivity contribution < 1.29 is 15.0 Å². The molecule has 0 radical (unpaired) electrons. The molecule has 0 aliphatic heterocycles. The second kappa shape index (κ2) is 6.52. The summed E-state index contributed by atoms with van der Waals surface area (Å²) in [5.41, 5.74) is 1.42. The number of aromatic hydroxyl groups is 1. The molecule has 2 rings (SSSR count). The van der Waals surface area contributed by atoms with Gasteiger partial charge in [0.1, 0.15) is 5.75 Å². The maximum Gasteiger partial charge on any atom is 0.328 e. The lowest BCUT2D eigenvalue weighted by molar-refractivity contribution is -0.138. The van der Waals surface area contributed by atoms with Crippen LogP contribution < -0.4 is 0 Å². The first-order valence-electron chi connectivity index (χ1n) is 6.24. The van der Waals surface area contributed by atoms with Gasteiger partial charge in [0.05, 0.1) is 0 Å². The largest absolute Gasteiger partial charge is 0.507 e. The summed E-state index contributed by atoms with van der Waals surface area (Å²) in [7, 11) is 0. The van der Waals surface area contributed by atoms with Crippen molar-refractivity contribution in [2.24, 2.45) is 4.99 Å². The molecule has 0 bridgehead atoms. The van der Waals surface area contributed by atoms with Crippen LogP contribution in [0.4, 0.5) is 0 Å². The molecular weight excluding hydrogens is 254 g/mol. The van der Waals surface area contributed by atoms with Crippen LogP contribution >= 0.6 is 0 Å². The Labute approximate surface area is 117 Å². The van der Waals surface area contributed by atoms with Gasteiger partial charge in [-0.1, -0.05) is 42.5 Å². The van der Waals surface area contributed by atoms with E-state index in [9.17, 15) is 15.0 Å². The number of aliphatic carboxylic acids is 1. The summed E-state index contributed by atoms with van der Waals surface area (Å²) in [6.45, 7) is 0. The molecule has 2 aromatic carbocycles. The summed E-state index contributed by atoms with van der Waals surface area (Å²) in [5, 5.41) is 18.8. The zero-order valence-corrected chi connectivity index (χ0v) is 10.8. The van der Waals surface area contributed by atoms with Gasteiger partial charge in [0.15, 0.2) is 6.04 Å². The highest BCUT2D eigenvalue weighted by atomic mass is 16.4. The molecule has 0 spiro atoms. The lowest BCUT2D eigenvalue weighted by atomic mass is 10.1. The monoisotopic (exact) mass is 269 g/mol. The van der Waals surface area contributed by atoms with E-state index < -0.39 is 12.0 Å². The van der Waals surface area contributed by atoms with Gasteiger partial charge in [-0.3, -0.25) is 4.99 Å². The lowest BCUT2D eigenvalue weighted by Crippen LogP contribution is -2.20. The van der Waals surface area contributed by atoms with Crippen LogP contribution in [0.25, 0.3) is 0 Å². The molecule has 0 saturated heterocycles. The average Bonchev–Trinajstić information content (AvgIpc) is 2.46. The second-order valence-electron chi connectivity index (χ2n) is 4.38. The first kappa shape index (κ1) is 13.8. The van der Waals surface area contributed by atoms with Crippen molar-refractivity contribution in [3.8, 4) is 5.75 Å². The zero-order valence-electron chi connectivity index (χ0n) is 10.8. The van der Waals surface area contributed by atoms with E-state index in [4.69, 9.17) is 0 Å². The van der Waals surface area contributed by atoms with Gasteiger partial charge in [-0.15, -0.1) is 0 Å². The number of benzene rings is 2. The molecule has 4 nitrogen and oxygen atoms in total. The molecule has 0 heterocycles. The maximum absolute atomic E-state index is 11.2. The maximum atomic E-state index is 11.2. The van der Waals surface area contributed by atoms with Crippen molar-refractivity contribution in [2.45, 2.75) is 12.5 Å². The zero-order chi connectivity index (χ0) is 14.4. The van der Waals surface area contributed by atoms with E-state index in [0.29, 0.717) is 12.0 Å². The first-order chi connectivity index (χ1) is 9.66. The highest BCUT2D eigenvalue weighted by Crippen LogP contribution is 2.14. The first-order valence-corrected chi connectivity index (χ1v) is 6.24. The molecule has 1 atom stereocenters. The number of aliphatic imine (C=N–C) groups is 1. The fourth-order valence-corrected chi connectivity index (χ4v) is 1.81. The number of para-hydroxylation sites is 1. The molecule has 0 aliphatic carbocycles. The number of hydrogen-bond donors (Lipinski definition) is 2. The Balaban J connectivity index is 2.14. The normalized spacial score (nSPS) is 12.4. The smallest absolute Gasteiger partial charge is 0.328 e. The van der Waals surface area contributed by atoms with Gasteiger partial charge in [0.25, 0.3) is 0 Å². The standard InChI is InChI=1S/C16H15NO3/c18-15-9-5-4-8-13(15)11-17-14(16(19)20)10-12-6-2-1-3-7-12/h1-9,11,14,18H,10H2,(H,19,20)/b17-11-/t14-/m1/s1. The number of phenolic OH excluding ortho intramolecular Hbond substituents is 1. The minimum atomic E-state index is -0.986. The fraction of sp³-hybridized carbons (Fsp3) is 0.125. The van der Waals surface area contributed by atoms with Crippen LogP contribution in [0.15, 0.2) is 59.6 Å². The number of carboxylic acid groups (broad SMARTS) is 1. The Hall–Kier alpha value is -2.62. The average molecular weight is 269 g/mol. The molecule has 0 saturated carbocycles. The van der Waals surface area contributed by atoms with Crippen LogP contribution in [0.1, 0.15) is 11.1 Å². The number of carboxylic acids is 1. The molecule has 0 unspecified atom stereocenters. The Morgan fingerprint density at radius 1 is 1.10 bits per heavy atom. The lowest BCUT2D eigenvalue weighted by Gasteiger charge is -2.07. The number of phenols is 1. The van der Waals surface area contributed by atoms with Gasteiger partial charge >= 0.3 is 5.97 Å². The molecule has 0 amide bonds. The third kappa shape index (κ3) is 3.68. The van der Waals surface area contributed by atoms with E-state index in [1.165, 1.54) is 12.3 Å². The van der Waals surface area contributed by atoms with Crippen molar-refractivity contribution in [1.29, 1.82) is 0 Å². The number of carbonyl (C=O) groups is 1. The van der Waals surface area contributed by atoms with Gasteiger partial charge in [-0.25, -0.2) is 4.79 Å². The molecule has 2 N–H and O–H groups in total. The summed E-state index contributed by atoms with van der Waals surface area (Å²) < 4.78 is 0. The highest BCUT2D eigenvalue weighted by molar-refractivity contribution is 5.86. The van der Waals surface area contributed by atoms with Crippen LogP contribution in [0.3, 0.4) is 0 Å². The van der Waals surface area contributed by atoms with Gasteiger partial charge in [0.2, 0.25) is 0 Å². The molecule has 0 aromatic heterocycles. The van der Waals surface area contributed by atoms with Crippen LogP contribution in [-0.2, 0) is 11.2 Å². The Kier molecular flexibility index (Phi) is 4.50. The van der Waals surface area contributed by atoms with Crippen molar-refractivity contribution in [3.05, 3.63) is 65.7 Å². The Morgan fingerprint density at radius 2 is 1.75 bits per heavy atom. The molecule has 4 heteroatoms. The number of nitrogens with zero attached hydrogens (tertiary/aromatic N) is 1. The van der Waals surface area contributed by atoms with Gasteiger partial charge in [-0.2, -0.15) is 0 Å². The quantitative estimate of drug-likeness (QED) is 0.819. The molecule has 2 aromatic rings. The van der Waals surface area contributed by atoms with Crippen LogP contribution in [0.2, 0.25) is 0 Å². The van der Waals surface area contributed by atoms with Gasteiger partial charge in [-0.05, 0) is 17.7 Å². The van der Waals surface area contributed by atoms with E-state index in [1.807, 2.05) is 30.3 Å². The minimum Gasteiger partial charge on any atom is -0.507 e. The Morgan fingerprint density at radius 3 is 2.40 bits per heavy atom. The summed E-state index contributed by atoms with van der Waals surface area (Å²) in [6.07, 6.45) is 1.72. The molecule has 20 heavy (non-hydrogen) atoms. The summed E-state index contributed by atoms with van der Waals surface area (Å²) in [4.78, 5) is 15.3. The Bertz CT molecular complexity index is 608. The van der Waals surface area contributed by atoms with Crippen molar-refractivity contribution in [1.82, 2.24) is 0 Å². The predicted molar refractivity (Wildman–Crippen MR) is 77.3 cm³/mol. The second-order valence-corrected chi connectivity index (χ2v) is 4.38. The van der Waals surface area contributed by atoms with Crippen molar-refractivity contribution >= 4 is 12.2 Å². The molecule has 0 fully saturated rings. The number of rotatable bonds is 5. The van der Waals surface area contributed by atoms with Crippen LogP contribution in [-0.4, -0.2) is 28.4 Å². The van der Waals surface area contributed by atoms with Gasteiger partial charge < -0.3 is 10.2 Å². The summed E-state index contributed by atoms with van der Waals surface area (Å²) >= 11 is 0.